The number of likely N-dealkylation sites (tertiary alicyclic amines) is 1. The Bertz CT molecular complexity index is 674. The lowest BCUT2D eigenvalue weighted by atomic mass is 10.3. The van der Waals surface area contributed by atoms with Crippen molar-refractivity contribution in [3.8, 4) is 10.7 Å². The molecule has 1 saturated heterocycles. The first-order chi connectivity index (χ1) is 10.7. The van der Waals surface area contributed by atoms with Gasteiger partial charge in [-0.3, -0.25) is 9.78 Å². The molecule has 2 aromatic rings. The van der Waals surface area contributed by atoms with Crippen LogP contribution in [-0.2, 0) is 11.2 Å². The van der Waals surface area contributed by atoms with Crippen molar-refractivity contribution in [2.24, 2.45) is 11.8 Å². The largest absolute Gasteiger partial charge is 0.352 e. The summed E-state index contributed by atoms with van der Waals surface area (Å²) in [6, 6.07) is 6.15. The molecule has 3 heterocycles. The maximum atomic E-state index is 12.1. The van der Waals surface area contributed by atoms with E-state index >= 15 is 0 Å². The highest BCUT2D eigenvalue weighted by Gasteiger charge is 2.55. The molecule has 1 saturated carbocycles. The lowest BCUT2D eigenvalue weighted by Crippen LogP contribution is -2.34. The standard InChI is InChI=1S/C16H18N4OS/c1-20-7-11-12(8-20)15(11)19-14(21)6-10-9-22-16(18-10)13-4-2-3-5-17-13/h2-5,9,11-12,15H,6-8H2,1H3,(H,19,21)/t11-,12+,15?. The van der Waals surface area contributed by atoms with Crippen molar-refractivity contribution < 1.29 is 4.79 Å². The summed E-state index contributed by atoms with van der Waals surface area (Å²) < 4.78 is 0. The van der Waals surface area contributed by atoms with Crippen LogP contribution in [0.4, 0.5) is 0 Å². The summed E-state index contributed by atoms with van der Waals surface area (Å²) in [5.41, 5.74) is 1.69. The van der Waals surface area contributed by atoms with Crippen LogP contribution < -0.4 is 5.32 Å². The highest BCUT2D eigenvalue weighted by molar-refractivity contribution is 7.13. The number of carbonyl (C=O) groups is 1. The second-order valence-corrected chi connectivity index (χ2v) is 7.04. The summed E-state index contributed by atoms with van der Waals surface area (Å²) in [6.45, 7) is 2.21. The zero-order chi connectivity index (χ0) is 15.1. The van der Waals surface area contributed by atoms with Crippen molar-refractivity contribution in [3.05, 3.63) is 35.5 Å². The molecule has 3 atom stereocenters. The van der Waals surface area contributed by atoms with Gasteiger partial charge in [0, 0.05) is 30.7 Å². The quantitative estimate of drug-likeness (QED) is 0.927. The van der Waals surface area contributed by atoms with E-state index < -0.39 is 0 Å². The van der Waals surface area contributed by atoms with Crippen molar-refractivity contribution in [3.63, 3.8) is 0 Å². The average molecular weight is 314 g/mol. The minimum Gasteiger partial charge on any atom is -0.352 e. The molecule has 1 aliphatic carbocycles. The van der Waals surface area contributed by atoms with E-state index in [-0.39, 0.29) is 5.91 Å². The fourth-order valence-electron chi connectivity index (χ4n) is 3.35. The van der Waals surface area contributed by atoms with Gasteiger partial charge in [-0.15, -0.1) is 11.3 Å². The smallest absolute Gasteiger partial charge is 0.226 e. The number of nitrogens with zero attached hydrogens (tertiary/aromatic N) is 3. The Balaban J connectivity index is 1.34. The van der Waals surface area contributed by atoms with Crippen LogP contribution in [0, 0.1) is 11.8 Å². The van der Waals surface area contributed by atoms with Crippen LogP contribution in [0.3, 0.4) is 0 Å². The lowest BCUT2D eigenvalue weighted by molar-refractivity contribution is -0.120. The van der Waals surface area contributed by atoms with Gasteiger partial charge in [-0.2, -0.15) is 0 Å². The number of hydrogen-bond acceptors (Lipinski definition) is 5. The molecule has 0 bridgehead atoms. The number of carbonyl (C=O) groups excluding carboxylic acids is 1. The molecule has 6 heteroatoms. The molecule has 2 aromatic heterocycles. The first-order valence-corrected chi connectivity index (χ1v) is 8.42. The number of thiazole rings is 1. The molecule has 0 aromatic carbocycles. The third kappa shape index (κ3) is 2.64. The van der Waals surface area contributed by atoms with Crippen molar-refractivity contribution in [2.45, 2.75) is 12.5 Å². The summed E-state index contributed by atoms with van der Waals surface area (Å²) in [5, 5.41) is 5.98. The highest BCUT2D eigenvalue weighted by atomic mass is 32.1. The number of pyridine rings is 1. The molecule has 2 aliphatic rings. The Morgan fingerprint density at radius 2 is 2.23 bits per heavy atom. The molecule has 1 unspecified atom stereocenters. The van der Waals surface area contributed by atoms with E-state index in [0.717, 1.165) is 29.5 Å². The topological polar surface area (TPSA) is 58.1 Å². The molecule has 1 N–H and O–H groups in total. The molecule has 0 spiro atoms. The predicted octanol–water partition coefficient (Wildman–Crippen LogP) is 1.42. The molecule has 0 radical (unpaired) electrons. The van der Waals surface area contributed by atoms with Gasteiger partial charge >= 0.3 is 0 Å². The molecule has 2 fully saturated rings. The Morgan fingerprint density at radius 1 is 1.41 bits per heavy atom. The van der Waals surface area contributed by atoms with Crippen LogP contribution in [0.1, 0.15) is 5.69 Å². The third-order valence-corrected chi connectivity index (χ3v) is 5.40. The zero-order valence-corrected chi connectivity index (χ0v) is 13.2. The summed E-state index contributed by atoms with van der Waals surface area (Å²) in [7, 11) is 2.14. The number of fused-ring (bicyclic) bond motifs is 1. The van der Waals surface area contributed by atoms with E-state index in [0.29, 0.717) is 24.3 Å². The molecule has 4 rings (SSSR count). The summed E-state index contributed by atoms with van der Waals surface area (Å²) >= 11 is 1.54. The second-order valence-electron chi connectivity index (χ2n) is 6.18. The van der Waals surface area contributed by atoms with Crippen LogP contribution >= 0.6 is 11.3 Å². The first kappa shape index (κ1) is 13.8. The Hall–Kier alpha value is -1.79. The average Bonchev–Trinajstić information content (AvgIpc) is 2.91. The summed E-state index contributed by atoms with van der Waals surface area (Å²) in [6.07, 6.45) is 2.11. The summed E-state index contributed by atoms with van der Waals surface area (Å²) in [4.78, 5) is 23.3. The molecule has 114 valence electrons. The SMILES string of the molecule is CN1C[C@@H]2C(NC(=O)Cc3csc(-c4ccccn4)n3)[C@@H]2C1. The molecular formula is C16H18N4OS. The van der Waals surface area contributed by atoms with E-state index in [2.05, 4.69) is 27.2 Å². The van der Waals surface area contributed by atoms with Crippen LogP contribution in [0.2, 0.25) is 0 Å². The monoisotopic (exact) mass is 314 g/mol. The van der Waals surface area contributed by atoms with Gasteiger partial charge in [0.2, 0.25) is 5.91 Å². The van der Waals surface area contributed by atoms with Gasteiger partial charge in [-0.05, 0) is 31.0 Å². The highest BCUT2D eigenvalue weighted by Crippen LogP contribution is 2.44. The van der Waals surface area contributed by atoms with Gasteiger partial charge in [0.25, 0.3) is 0 Å². The Kier molecular flexibility index (Phi) is 3.43. The van der Waals surface area contributed by atoms with Crippen molar-refractivity contribution in [1.29, 1.82) is 0 Å². The van der Waals surface area contributed by atoms with E-state index in [1.54, 1.807) is 6.20 Å². The van der Waals surface area contributed by atoms with Crippen molar-refractivity contribution in [2.75, 3.05) is 20.1 Å². The number of nitrogens with one attached hydrogen (secondary N) is 1. The number of aromatic nitrogens is 2. The van der Waals surface area contributed by atoms with E-state index in [1.165, 1.54) is 11.3 Å². The number of rotatable bonds is 4. The predicted molar refractivity (Wildman–Crippen MR) is 85.5 cm³/mol. The van der Waals surface area contributed by atoms with E-state index in [4.69, 9.17) is 0 Å². The Morgan fingerprint density at radius 3 is 2.95 bits per heavy atom. The molecular weight excluding hydrogens is 296 g/mol. The van der Waals surface area contributed by atoms with Gasteiger partial charge in [0.15, 0.2) is 0 Å². The van der Waals surface area contributed by atoms with Gasteiger partial charge < -0.3 is 10.2 Å². The van der Waals surface area contributed by atoms with Crippen molar-refractivity contribution in [1.82, 2.24) is 20.2 Å². The summed E-state index contributed by atoms with van der Waals surface area (Å²) in [5.74, 6) is 1.40. The number of piperidine rings is 1. The fraction of sp³-hybridized carbons (Fsp3) is 0.438. The van der Waals surface area contributed by atoms with Gasteiger partial charge in [-0.1, -0.05) is 6.07 Å². The maximum Gasteiger partial charge on any atom is 0.226 e. The number of amides is 1. The van der Waals surface area contributed by atoms with Crippen LogP contribution in [0.5, 0.6) is 0 Å². The van der Waals surface area contributed by atoms with Crippen molar-refractivity contribution >= 4 is 17.2 Å². The van der Waals surface area contributed by atoms with Crippen LogP contribution in [0.15, 0.2) is 29.8 Å². The maximum absolute atomic E-state index is 12.1. The third-order valence-electron chi connectivity index (χ3n) is 4.48. The second kappa shape index (κ2) is 5.44. The Labute approximate surface area is 133 Å². The normalized spacial score (nSPS) is 26.7. The van der Waals surface area contributed by atoms with E-state index in [1.807, 2.05) is 23.6 Å². The zero-order valence-electron chi connectivity index (χ0n) is 12.4. The van der Waals surface area contributed by atoms with Gasteiger partial charge in [0.05, 0.1) is 17.8 Å². The van der Waals surface area contributed by atoms with Crippen LogP contribution in [0.25, 0.3) is 10.7 Å². The lowest BCUT2D eigenvalue weighted by Gasteiger charge is -2.13. The minimum absolute atomic E-state index is 0.0833. The van der Waals surface area contributed by atoms with E-state index in [9.17, 15) is 4.79 Å². The van der Waals surface area contributed by atoms with Crippen LogP contribution in [-0.4, -0.2) is 47.0 Å². The van der Waals surface area contributed by atoms with Gasteiger partial charge in [-0.25, -0.2) is 4.98 Å². The first-order valence-electron chi connectivity index (χ1n) is 7.54. The fourth-order valence-corrected chi connectivity index (χ4v) is 4.14. The molecule has 22 heavy (non-hydrogen) atoms. The van der Waals surface area contributed by atoms with Gasteiger partial charge in [0.1, 0.15) is 5.01 Å². The molecule has 5 nitrogen and oxygen atoms in total. The number of hydrogen-bond donors (Lipinski definition) is 1. The molecule has 1 aliphatic heterocycles. The molecule has 1 amide bonds. The minimum atomic E-state index is 0.0833.